The van der Waals surface area contributed by atoms with Gasteiger partial charge in [-0.25, -0.2) is 4.79 Å². The van der Waals surface area contributed by atoms with Crippen LogP contribution in [0.3, 0.4) is 0 Å². The van der Waals surface area contributed by atoms with E-state index < -0.39 is 6.16 Å². The predicted octanol–water partition coefficient (Wildman–Crippen LogP) is 3.91. The second-order valence-corrected chi connectivity index (χ2v) is 6.21. The number of carbonyl (C=O) groups excluding carboxylic acids is 1. The fourth-order valence-electron chi connectivity index (χ4n) is 2.18. The molecule has 1 aromatic carbocycles. The molecule has 0 fully saturated rings. The van der Waals surface area contributed by atoms with Gasteiger partial charge in [0.25, 0.3) is 0 Å². The number of fused-ring (bicyclic) bond motifs is 1. The summed E-state index contributed by atoms with van der Waals surface area (Å²) in [4.78, 5) is 12.4. The van der Waals surface area contributed by atoms with Gasteiger partial charge in [-0.15, -0.1) is 11.8 Å². The third-order valence-electron chi connectivity index (χ3n) is 3.42. The highest BCUT2D eigenvalue weighted by Crippen LogP contribution is 2.45. The van der Waals surface area contributed by atoms with Gasteiger partial charge in [-0.3, -0.25) is 0 Å². The summed E-state index contributed by atoms with van der Waals surface area (Å²) >= 11 is 1.83. The zero-order valence-corrected chi connectivity index (χ0v) is 12.0. The molecule has 4 heteroatoms. The Labute approximate surface area is 112 Å². The number of thioether (sulfide) groups is 1. The molecule has 2 rings (SSSR count). The Kier molecular flexibility index (Phi) is 3.57. The fourth-order valence-corrected chi connectivity index (χ4v) is 3.81. The minimum Gasteiger partial charge on any atom is -0.437 e. The van der Waals surface area contributed by atoms with Crippen molar-refractivity contribution in [2.75, 3.05) is 12.9 Å². The molecule has 1 heterocycles. The topological polar surface area (TPSA) is 35.5 Å². The van der Waals surface area contributed by atoms with Crippen molar-refractivity contribution >= 4 is 17.9 Å². The van der Waals surface area contributed by atoms with Gasteiger partial charge in [0.2, 0.25) is 0 Å². The minimum absolute atomic E-state index is 0.190. The lowest BCUT2D eigenvalue weighted by Gasteiger charge is -2.33. The van der Waals surface area contributed by atoms with Gasteiger partial charge >= 0.3 is 6.16 Å². The molecule has 18 heavy (non-hydrogen) atoms. The van der Waals surface area contributed by atoms with Crippen molar-refractivity contribution in [3.05, 3.63) is 23.3 Å². The second kappa shape index (κ2) is 4.84. The molecule has 0 saturated heterocycles. The zero-order valence-electron chi connectivity index (χ0n) is 11.2. The maximum absolute atomic E-state index is 11.2. The largest absolute Gasteiger partial charge is 0.513 e. The smallest absolute Gasteiger partial charge is 0.437 e. The summed E-state index contributed by atoms with van der Waals surface area (Å²) in [5.74, 6) is 1.69. The van der Waals surface area contributed by atoms with E-state index in [-0.39, 0.29) is 5.41 Å². The summed E-state index contributed by atoms with van der Waals surface area (Å²) in [6.07, 6.45) is 0.500. The monoisotopic (exact) mass is 266 g/mol. The molecule has 0 spiro atoms. The zero-order chi connectivity index (χ0) is 13.3. The minimum atomic E-state index is -0.668. The van der Waals surface area contributed by atoms with E-state index in [1.54, 1.807) is 0 Å². The number of hydrogen-bond donors (Lipinski definition) is 0. The molecule has 0 bridgehead atoms. The van der Waals surface area contributed by atoms with E-state index in [1.165, 1.54) is 24.0 Å². The number of benzene rings is 1. The van der Waals surface area contributed by atoms with Crippen LogP contribution in [0.1, 0.15) is 31.4 Å². The SMILES string of the molecule is COC(=O)Oc1ccc2c(c1C)SCCC2(C)C. The number of hydrogen-bond acceptors (Lipinski definition) is 4. The first-order valence-electron chi connectivity index (χ1n) is 5.98. The van der Waals surface area contributed by atoms with Crippen molar-refractivity contribution < 1.29 is 14.3 Å². The molecular weight excluding hydrogens is 248 g/mol. The highest BCUT2D eigenvalue weighted by atomic mass is 32.2. The number of methoxy groups -OCH3 is 1. The molecule has 0 atom stereocenters. The van der Waals surface area contributed by atoms with Crippen molar-refractivity contribution in [1.82, 2.24) is 0 Å². The van der Waals surface area contributed by atoms with Crippen LogP contribution in [0.4, 0.5) is 4.79 Å². The van der Waals surface area contributed by atoms with E-state index in [9.17, 15) is 4.79 Å². The molecule has 0 saturated carbocycles. The Balaban J connectivity index is 2.41. The summed E-state index contributed by atoms with van der Waals surface area (Å²) in [7, 11) is 1.31. The van der Waals surface area contributed by atoms with Crippen molar-refractivity contribution in [3.8, 4) is 5.75 Å². The normalized spacial score (nSPS) is 16.9. The van der Waals surface area contributed by atoms with Gasteiger partial charge < -0.3 is 9.47 Å². The third kappa shape index (κ3) is 2.34. The average molecular weight is 266 g/mol. The van der Waals surface area contributed by atoms with Crippen LogP contribution in [0.2, 0.25) is 0 Å². The lowest BCUT2D eigenvalue weighted by molar-refractivity contribution is 0.121. The molecule has 0 radical (unpaired) electrons. The summed E-state index contributed by atoms with van der Waals surface area (Å²) in [5.41, 5.74) is 2.55. The highest BCUT2D eigenvalue weighted by molar-refractivity contribution is 7.99. The molecule has 1 aliphatic rings. The van der Waals surface area contributed by atoms with Crippen LogP contribution in [-0.4, -0.2) is 19.0 Å². The fraction of sp³-hybridized carbons (Fsp3) is 0.500. The van der Waals surface area contributed by atoms with Crippen LogP contribution >= 0.6 is 11.8 Å². The van der Waals surface area contributed by atoms with Crippen molar-refractivity contribution in [1.29, 1.82) is 0 Å². The number of rotatable bonds is 1. The average Bonchev–Trinajstić information content (AvgIpc) is 2.32. The molecule has 1 aromatic rings. The highest BCUT2D eigenvalue weighted by Gasteiger charge is 2.29. The van der Waals surface area contributed by atoms with Crippen molar-refractivity contribution in [2.45, 2.75) is 37.5 Å². The van der Waals surface area contributed by atoms with Gasteiger partial charge in [-0.05, 0) is 36.1 Å². The van der Waals surface area contributed by atoms with E-state index in [4.69, 9.17) is 4.74 Å². The van der Waals surface area contributed by atoms with Crippen LogP contribution in [-0.2, 0) is 10.2 Å². The van der Waals surface area contributed by atoms with Crippen LogP contribution in [0.25, 0.3) is 0 Å². The van der Waals surface area contributed by atoms with E-state index in [2.05, 4.69) is 24.7 Å². The molecule has 3 nitrogen and oxygen atoms in total. The maximum atomic E-state index is 11.2. The first-order chi connectivity index (χ1) is 8.45. The molecular formula is C14H18O3S. The summed E-state index contributed by atoms with van der Waals surface area (Å²) in [5, 5.41) is 0. The molecule has 98 valence electrons. The first kappa shape index (κ1) is 13.3. The molecule has 0 unspecified atom stereocenters. The van der Waals surface area contributed by atoms with E-state index in [0.29, 0.717) is 5.75 Å². The molecule has 0 aromatic heterocycles. The number of ether oxygens (including phenoxy) is 2. The van der Waals surface area contributed by atoms with Crippen molar-refractivity contribution in [3.63, 3.8) is 0 Å². The summed E-state index contributed by atoms with van der Waals surface area (Å²) in [6.45, 7) is 6.50. The van der Waals surface area contributed by atoms with Gasteiger partial charge in [0.05, 0.1) is 7.11 Å². The van der Waals surface area contributed by atoms with Crippen LogP contribution in [0.15, 0.2) is 17.0 Å². The van der Waals surface area contributed by atoms with Crippen LogP contribution in [0.5, 0.6) is 5.75 Å². The van der Waals surface area contributed by atoms with E-state index in [0.717, 1.165) is 11.3 Å². The first-order valence-corrected chi connectivity index (χ1v) is 6.97. The Bertz CT molecular complexity index is 480. The standard InChI is InChI=1S/C14H18O3S/c1-9-11(17-13(15)16-4)6-5-10-12(9)18-8-7-14(10,2)3/h5-6H,7-8H2,1-4H3. The number of carbonyl (C=O) groups is 1. The lowest BCUT2D eigenvalue weighted by atomic mass is 9.81. The summed E-state index contributed by atoms with van der Waals surface area (Å²) in [6, 6.07) is 3.92. The lowest BCUT2D eigenvalue weighted by Crippen LogP contribution is -2.23. The Morgan fingerprint density at radius 1 is 1.39 bits per heavy atom. The third-order valence-corrected chi connectivity index (χ3v) is 4.64. The van der Waals surface area contributed by atoms with Gasteiger partial charge in [0.15, 0.2) is 0 Å². The second-order valence-electron chi connectivity index (χ2n) is 5.10. The summed E-state index contributed by atoms with van der Waals surface area (Å²) < 4.78 is 9.68. The predicted molar refractivity (Wildman–Crippen MR) is 72.6 cm³/mol. The molecule has 0 amide bonds. The quantitative estimate of drug-likeness (QED) is 0.570. The van der Waals surface area contributed by atoms with E-state index in [1.807, 2.05) is 24.8 Å². The van der Waals surface area contributed by atoms with Gasteiger partial charge in [0, 0.05) is 10.5 Å². The Hall–Kier alpha value is -1.16. The van der Waals surface area contributed by atoms with Crippen LogP contribution in [0, 0.1) is 6.92 Å². The van der Waals surface area contributed by atoms with Gasteiger partial charge in [-0.2, -0.15) is 0 Å². The Morgan fingerprint density at radius 3 is 2.78 bits per heavy atom. The Morgan fingerprint density at radius 2 is 2.11 bits per heavy atom. The van der Waals surface area contributed by atoms with Crippen LogP contribution < -0.4 is 4.74 Å². The maximum Gasteiger partial charge on any atom is 0.513 e. The molecule has 1 aliphatic heterocycles. The van der Waals surface area contributed by atoms with Gasteiger partial charge in [-0.1, -0.05) is 19.9 Å². The molecule has 0 aliphatic carbocycles. The van der Waals surface area contributed by atoms with Gasteiger partial charge in [0.1, 0.15) is 5.75 Å². The van der Waals surface area contributed by atoms with E-state index >= 15 is 0 Å². The molecule has 0 N–H and O–H groups in total. The van der Waals surface area contributed by atoms with Crippen molar-refractivity contribution in [2.24, 2.45) is 0 Å².